The first-order valence-corrected chi connectivity index (χ1v) is 8.32. The molecule has 0 saturated carbocycles. The van der Waals surface area contributed by atoms with Gasteiger partial charge in [0.15, 0.2) is 0 Å². The Balaban J connectivity index is 1.89. The third-order valence-electron chi connectivity index (χ3n) is 4.34. The molecule has 1 aliphatic rings. The molecular formula is C18H31N3. The summed E-state index contributed by atoms with van der Waals surface area (Å²) in [5, 5.41) is 3.48. The summed E-state index contributed by atoms with van der Waals surface area (Å²) in [7, 11) is 2.21. The molecule has 21 heavy (non-hydrogen) atoms. The molecule has 1 N–H and O–H groups in total. The van der Waals surface area contributed by atoms with Crippen LogP contribution in [0.5, 0.6) is 0 Å². The molecule has 3 nitrogen and oxygen atoms in total. The van der Waals surface area contributed by atoms with Crippen LogP contribution in [0.3, 0.4) is 0 Å². The van der Waals surface area contributed by atoms with E-state index in [1.54, 1.807) is 0 Å². The lowest BCUT2D eigenvalue weighted by molar-refractivity contribution is 0.346. The van der Waals surface area contributed by atoms with E-state index >= 15 is 0 Å². The van der Waals surface area contributed by atoms with Crippen molar-refractivity contribution in [3.05, 3.63) is 29.3 Å². The van der Waals surface area contributed by atoms with E-state index in [-0.39, 0.29) is 0 Å². The second kappa shape index (κ2) is 7.81. The summed E-state index contributed by atoms with van der Waals surface area (Å²) in [6.45, 7) is 12.4. The van der Waals surface area contributed by atoms with Gasteiger partial charge in [0, 0.05) is 38.4 Å². The SMILES string of the molecule is Cc1cc(CNC(C)C)ccc1N(C)CCN1CCCC1. The van der Waals surface area contributed by atoms with Crippen molar-refractivity contribution in [1.82, 2.24) is 10.2 Å². The molecule has 0 bridgehead atoms. The number of nitrogens with zero attached hydrogens (tertiary/aromatic N) is 2. The molecule has 0 spiro atoms. The summed E-state index contributed by atoms with van der Waals surface area (Å²) >= 11 is 0. The molecule has 118 valence electrons. The van der Waals surface area contributed by atoms with E-state index in [9.17, 15) is 0 Å². The lowest BCUT2D eigenvalue weighted by atomic mass is 10.1. The fraction of sp³-hybridized carbons (Fsp3) is 0.667. The van der Waals surface area contributed by atoms with Gasteiger partial charge >= 0.3 is 0 Å². The molecule has 3 heteroatoms. The Morgan fingerprint density at radius 3 is 2.57 bits per heavy atom. The standard InChI is InChI=1S/C18H31N3/c1-15(2)19-14-17-7-8-18(16(3)13-17)20(4)11-12-21-9-5-6-10-21/h7-8,13,15,19H,5-6,9-12,14H2,1-4H3. The molecule has 1 aromatic rings. The van der Waals surface area contributed by atoms with E-state index < -0.39 is 0 Å². The fourth-order valence-electron chi connectivity index (χ4n) is 3.00. The first-order valence-electron chi connectivity index (χ1n) is 8.32. The first-order chi connectivity index (χ1) is 10.1. The van der Waals surface area contributed by atoms with Crippen molar-refractivity contribution in [3.8, 4) is 0 Å². The van der Waals surface area contributed by atoms with Gasteiger partial charge in [-0.25, -0.2) is 0 Å². The number of likely N-dealkylation sites (tertiary alicyclic amines) is 1. The first kappa shape index (κ1) is 16.3. The van der Waals surface area contributed by atoms with Crippen molar-refractivity contribution >= 4 is 5.69 Å². The Labute approximate surface area is 130 Å². The highest BCUT2D eigenvalue weighted by molar-refractivity contribution is 5.53. The van der Waals surface area contributed by atoms with Crippen LogP contribution in [-0.2, 0) is 6.54 Å². The predicted molar refractivity (Wildman–Crippen MR) is 92.1 cm³/mol. The minimum absolute atomic E-state index is 0.535. The number of aryl methyl sites for hydroxylation is 1. The van der Waals surface area contributed by atoms with Crippen LogP contribution in [0.25, 0.3) is 0 Å². The molecule has 0 radical (unpaired) electrons. The summed E-state index contributed by atoms with van der Waals surface area (Å²) in [5.41, 5.74) is 4.11. The highest BCUT2D eigenvalue weighted by atomic mass is 15.2. The summed E-state index contributed by atoms with van der Waals surface area (Å²) in [4.78, 5) is 4.97. The zero-order valence-electron chi connectivity index (χ0n) is 14.2. The van der Waals surface area contributed by atoms with Gasteiger partial charge in [-0.2, -0.15) is 0 Å². The minimum Gasteiger partial charge on any atom is -0.373 e. The van der Waals surface area contributed by atoms with E-state index in [1.165, 1.54) is 49.3 Å². The van der Waals surface area contributed by atoms with Crippen LogP contribution < -0.4 is 10.2 Å². The average Bonchev–Trinajstić information content (AvgIpc) is 2.96. The Morgan fingerprint density at radius 2 is 1.95 bits per heavy atom. The van der Waals surface area contributed by atoms with Crippen LogP contribution in [0.15, 0.2) is 18.2 Å². The molecule has 0 aliphatic carbocycles. The molecular weight excluding hydrogens is 258 g/mol. The van der Waals surface area contributed by atoms with Gasteiger partial charge in [0.25, 0.3) is 0 Å². The molecule has 0 amide bonds. The second-order valence-corrected chi connectivity index (χ2v) is 6.63. The van der Waals surface area contributed by atoms with Gasteiger partial charge in [-0.1, -0.05) is 26.0 Å². The van der Waals surface area contributed by atoms with E-state index in [2.05, 4.69) is 61.1 Å². The van der Waals surface area contributed by atoms with Crippen molar-refractivity contribution in [2.24, 2.45) is 0 Å². The molecule has 1 saturated heterocycles. The van der Waals surface area contributed by atoms with Crippen LogP contribution in [-0.4, -0.2) is 44.2 Å². The zero-order chi connectivity index (χ0) is 15.2. The molecule has 0 aromatic heterocycles. The number of hydrogen-bond acceptors (Lipinski definition) is 3. The number of hydrogen-bond donors (Lipinski definition) is 1. The molecule has 2 rings (SSSR count). The highest BCUT2D eigenvalue weighted by Crippen LogP contribution is 2.20. The number of anilines is 1. The van der Waals surface area contributed by atoms with Crippen LogP contribution >= 0.6 is 0 Å². The molecule has 1 aliphatic heterocycles. The van der Waals surface area contributed by atoms with E-state index in [4.69, 9.17) is 0 Å². The summed E-state index contributed by atoms with van der Waals surface area (Å²) < 4.78 is 0. The quantitative estimate of drug-likeness (QED) is 0.832. The Hall–Kier alpha value is -1.06. The topological polar surface area (TPSA) is 18.5 Å². The lowest BCUT2D eigenvalue weighted by Crippen LogP contribution is -2.31. The van der Waals surface area contributed by atoms with Gasteiger partial charge in [0.2, 0.25) is 0 Å². The Bertz CT molecular complexity index is 436. The largest absolute Gasteiger partial charge is 0.373 e. The van der Waals surface area contributed by atoms with Gasteiger partial charge in [0.05, 0.1) is 0 Å². The summed E-state index contributed by atoms with van der Waals surface area (Å²) in [6.07, 6.45) is 2.75. The van der Waals surface area contributed by atoms with Crippen LogP contribution in [0.2, 0.25) is 0 Å². The van der Waals surface area contributed by atoms with Crippen LogP contribution in [0, 0.1) is 6.92 Å². The van der Waals surface area contributed by atoms with Gasteiger partial charge < -0.3 is 15.1 Å². The van der Waals surface area contributed by atoms with Gasteiger partial charge in [-0.15, -0.1) is 0 Å². The van der Waals surface area contributed by atoms with Gasteiger partial charge in [-0.3, -0.25) is 0 Å². The summed E-state index contributed by atoms with van der Waals surface area (Å²) in [6, 6.07) is 7.38. The predicted octanol–water partition coefficient (Wildman–Crippen LogP) is 3.03. The van der Waals surface area contributed by atoms with Crippen molar-refractivity contribution in [2.45, 2.75) is 46.2 Å². The van der Waals surface area contributed by atoms with Crippen molar-refractivity contribution in [3.63, 3.8) is 0 Å². The maximum absolute atomic E-state index is 3.48. The number of benzene rings is 1. The number of nitrogens with one attached hydrogen (secondary N) is 1. The van der Waals surface area contributed by atoms with Crippen molar-refractivity contribution < 1.29 is 0 Å². The molecule has 0 unspecified atom stereocenters. The van der Waals surface area contributed by atoms with E-state index in [1.807, 2.05) is 0 Å². The normalized spacial score (nSPS) is 15.9. The monoisotopic (exact) mass is 289 g/mol. The van der Waals surface area contributed by atoms with Crippen molar-refractivity contribution in [1.29, 1.82) is 0 Å². The average molecular weight is 289 g/mol. The molecule has 1 aromatic carbocycles. The van der Waals surface area contributed by atoms with Gasteiger partial charge in [-0.05, 0) is 50.0 Å². The Morgan fingerprint density at radius 1 is 1.24 bits per heavy atom. The summed E-state index contributed by atoms with van der Waals surface area (Å²) in [5.74, 6) is 0. The van der Waals surface area contributed by atoms with Crippen LogP contribution in [0.1, 0.15) is 37.8 Å². The number of likely N-dealkylation sites (N-methyl/N-ethyl adjacent to an activating group) is 1. The smallest absolute Gasteiger partial charge is 0.0393 e. The molecule has 1 fully saturated rings. The fourth-order valence-corrected chi connectivity index (χ4v) is 3.00. The maximum atomic E-state index is 3.48. The maximum Gasteiger partial charge on any atom is 0.0393 e. The molecule has 0 atom stereocenters. The highest BCUT2D eigenvalue weighted by Gasteiger charge is 2.12. The van der Waals surface area contributed by atoms with Gasteiger partial charge in [0.1, 0.15) is 0 Å². The van der Waals surface area contributed by atoms with Crippen LogP contribution in [0.4, 0.5) is 5.69 Å². The minimum atomic E-state index is 0.535. The number of rotatable bonds is 7. The van der Waals surface area contributed by atoms with E-state index in [0.29, 0.717) is 6.04 Å². The molecule has 1 heterocycles. The third-order valence-corrected chi connectivity index (χ3v) is 4.34. The van der Waals surface area contributed by atoms with Crippen molar-refractivity contribution in [2.75, 3.05) is 38.1 Å². The lowest BCUT2D eigenvalue weighted by Gasteiger charge is -2.25. The third kappa shape index (κ3) is 5.01. The second-order valence-electron chi connectivity index (χ2n) is 6.63. The zero-order valence-corrected chi connectivity index (χ0v) is 14.2. The Kier molecular flexibility index (Phi) is 6.07. The van der Waals surface area contributed by atoms with E-state index in [0.717, 1.165) is 13.1 Å².